The maximum absolute atomic E-state index is 5.76. The molecule has 0 bridgehead atoms. The fraction of sp³-hybridized carbons (Fsp3) is 0.294. The Morgan fingerprint density at radius 2 is 1.80 bits per heavy atom. The molecule has 2 N–H and O–H groups in total. The third kappa shape index (κ3) is 2.49. The maximum Gasteiger partial charge on any atom is 0.161 e. The third-order valence-electron chi connectivity index (χ3n) is 3.60. The lowest BCUT2D eigenvalue weighted by atomic mass is 9.98. The molecule has 1 heterocycles. The predicted octanol–water partition coefficient (Wildman–Crippen LogP) is 3.28. The van der Waals surface area contributed by atoms with Gasteiger partial charge in [0.1, 0.15) is 0 Å². The van der Waals surface area contributed by atoms with Crippen LogP contribution in [0.15, 0.2) is 36.4 Å². The number of ether oxygens (including phenoxy) is 2. The van der Waals surface area contributed by atoms with Gasteiger partial charge in [0.05, 0.1) is 13.2 Å². The zero-order valence-corrected chi connectivity index (χ0v) is 11.7. The number of fused-ring (bicyclic) bond motifs is 1. The fourth-order valence-corrected chi connectivity index (χ4v) is 2.44. The van der Waals surface area contributed by atoms with Crippen LogP contribution in [0, 0.1) is 6.92 Å². The van der Waals surface area contributed by atoms with Gasteiger partial charge in [0.15, 0.2) is 11.5 Å². The lowest BCUT2D eigenvalue weighted by molar-refractivity contribution is 0.297. The van der Waals surface area contributed by atoms with Crippen molar-refractivity contribution in [1.29, 1.82) is 0 Å². The van der Waals surface area contributed by atoms with Crippen LogP contribution in [-0.2, 0) is 6.54 Å². The summed E-state index contributed by atoms with van der Waals surface area (Å²) in [5.41, 5.74) is 10.4. The minimum atomic E-state index is 0.553. The number of aryl methyl sites for hydroxylation is 1. The molecular formula is C17H19NO2. The molecular weight excluding hydrogens is 250 g/mol. The molecule has 2 aromatic rings. The van der Waals surface area contributed by atoms with Gasteiger partial charge in [-0.15, -0.1) is 0 Å². The normalized spacial score (nSPS) is 13.9. The number of hydrogen-bond acceptors (Lipinski definition) is 3. The molecule has 0 spiro atoms. The number of hydrogen-bond donors (Lipinski definition) is 1. The molecule has 20 heavy (non-hydrogen) atoms. The van der Waals surface area contributed by atoms with Gasteiger partial charge in [-0.05, 0) is 47.4 Å². The SMILES string of the molecule is Cc1ccc(CN)cc1-c1ccc2c(c1)OCCCO2. The van der Waals surface area contributed by atoms with Crippen molar-refractivity contribution in [2.24, 2.45) is 5.73 Å². The molecule has 3 rings (SSSR count). The highest BCUT2D eigenvalue weighted by atomic mass is 16.5. The van der Waals surface area contributed by atoms with E-state index in [2.05, 4.69) is 37.3 Å². The van der Waals surface area contributed by atoms with Crippen LogP contribution >= 0.6 is 0 Å². The van der Waals surface area contributed by atoms with Crippen LogP contribution in [0.3, 0.4) is 0 Å². The molecule has 3 heteroatoms. The Morgan fingerprint density at radius 3 is 2.60 bits per heavy atom. The van der Waals surface area contributed by atoms with Crippen molar-refractivity contribution in [3.8, 4) is 22.6 Å². The van der Waals surface area contributed by atoms with Crippen LogP contribution < -0.4 is 15.2 Å². The number of benzene rings is 2. The Kier molecular flexibility index (Phi) is 3.61. The van der Waals surface area contributed by atoms with Gasteiger partial charge in [0, 0.05) is 13.0 Å². The number of nitrogens with two attached hydrogens (primary N) is 1. The van der Waals surface area contributed by atoms with Crippen molar-refractivity contribution in [2.45, 2.75) is 19.9 Å². The third-order valence-corrected chi connectivity index (χ3v) is 3.60. The number of rotatable bonds is 2. The standard InChI is InChI=1S/C17H19NO2/c1-12-3-4-13(11-18)9-15(12)14-5-6-16-17(10-14)20-8-2-7-19-16/h3-6,9-10H,2,7-8,11,18H2,1H3. The first-order valence-corrected chi connectivity index (χ1v) is 6.97. The molecule has 0 fully saturated rings. The highest BCUT2D eigenvalue weighted by Gasteiger charge is 2.12. The molecule has 0 radical (unpaired) electrons. The average molecular weight is 269 g/mol. The highest BCUT2D eigenvalue weighted by molar-refractivity contribution is 5.70. The largest absolute Gasteiger partial charge is 0.490 e. The molecule has 0 aromatic heterocycles. The van der Waals surface area contributed by atoms with E-state index in [1.165, 1.54) is 11.1 Å². The average Bonchev–Trinajstić information content (AvgIpc) is 2.72. The zero-order chi connectivity index (χ0) is 13.9. The van der Waals surface area contributed by atoms with E-state index in [-0.39, 0.29) is 0 Å². The first kappa shape index (κ1) is 13.0. The summed E-state index contributed by atoms with van der Waals surface area (Å²) in [5.74, 6) is 1.66. The summed E-state index contributed by atoms with van der Waals surface area (Å²) in [6, 6.07) is 12.5. The van der Waals surface area contributed by atoms with Crippen LogP contribution in [0.5, 0.6) is 11.5 Å². The van der Waals surface area contributed by atoms with Crippen molar-refractivity contribution in [3.05, 3.63) is 47.5 Å². The van der Waals surface area contributed by atoms with E-state index < -0.39 is 0 Å². The second kappa shape index (κ2) is 5.55. The van der Waals surface area contributed by atoms with Crippen LogP contribution in [0.2, 0.25) is 0 Å². The molecule has 104 valence electrons. The Hall–Kier alpha value is -2.00. The minimum Gasteiger partial charge on any atom is -0.490 e. The van der Waals surface area contributed by atoms with E-state index in [1.807, 2.05) is 6.07 Å². The summed E-state index contributed by atoms with van der Waals surface area (Å²) < 4.78 is 11.4. The highest BCUT2D eigenvalue weighted by Crippen LogP contribution is 2.35. The molecule has 3 nitrogen and oxygen atoms in total. The van der Waals surface area contributed by atoms with E-state index in [1.54, 1.807) is 0 Å². The summed E-state index contributed by atoms with van der Waals surface area (Å²) in [5, 5.41) is 0. The summed E-state index contributed by atoms with van der Waals surface area (Å²) in [6.07, 6.45) is 0.922. The quantitative estimate of drug-likeness (QED) is 0.910. The topological polar surface area (TPSA) is 44.5 Å². The van der Waals surface area contributed by atoms with Gasteiger partial charge in [0.25, 0.3) is 0 Å². The van der Waals surface area contributed by atoms with Crippen molar-refractivity contribution in [2.75, 3.05) is 13.2 Å². The first-order valence-electron chi connectivity index (χ1n) is 6.97. The van der Waals surface area contributed by atoms with E-state index in [9.17, 15) is 0 Å². The molecule has 0 aliphatic carbocycles. The van der Waals surface area contributed by atoms with Gasteiger partial charge in [0.2, 0.25) is 0 Å². The second-order valence-corrected chi connectivity index (χ2v) is 5.07. The summed E-state index contributed by atoms with van der Waals surface area (Å²) in [4.78, 5) is 0. The van der Waals surface area contributed by atoms with Gasteiger partial charge < -0.3 is 15.2 Å². The molecule has 1 aliphatic heterocycles. The van der Waals surface area contributed by atoms with Crippen molar-refractivity contribution < 1.29 is 9.47 Å². The second-order valence-electron chi connectivity index (χ2n) is 5.07. The molecule has 0 amide bonds. The van der Waals surface area contributed by atoms with Crippen LogP contribution in [0.4, 0.5) is 0 Å². The Balaban J connectivity index is 2.04. The summed E-state index contributed by atoms with van der Waals surface area (Å²) in [7, 11) is 0. The predicted molar refractivity (Wildman–Crippen MR) is 80.1 cm³/mol. The zero-order valence-electron chi connectivity index (χ0n) is 11.7. The molecule has 0 saturated carbocycles. The molecule has 0 unspecified atom stereocenters. The molecule has 0 saturated heterocycles. The molecule has 1 aliphatic rings. The van der Waals surface area contributed by atoms with E-state index in [0.717, 1.165) is 29.0 Å². The summed E-state index contributed by atoms with van der Waals surface area (Å²) >= 11 is 0. The van der Waals surface area contributed by atoms with Gasteiger partial charge in [-0.1, -0.05) is 18.2 Å². The van der Waals surface area contributed by atoms with Crippen molar-refractivity contribution in [3.63, 3.8) is 0 Å². The minimum absolute atomic E-state index is 0.553. The lowest BCUT2D eigenvalue weighted by Gasteiger charge is -2.12. The molecule has 2 aromatic carbocycles. The fourth-order valence-electron chi connectivity index (χ4n) is 2.44. The van der Waals surface area contributed by atoms with Crippen molar-refractivity contribution >= 4 is 0 Å². The maximum atomic E-state index is 5.76. The van der Waals surface area contributed by atoms with E-state index in [0.29, 0.717) is 19.8 Å². The first-order chi connectivity index (χ1) is 9.78. The Labute approximate surface area is 119 Å². The van der Waals surface area contributed by atoms with E-state index >= 15 is 0 Å². The van der Waals surface area contributed by atoms with Crippen molar-refractivity contribution in [1.82, 2.24) is 0 Å². The Morgan fingerprint density at radius 1 is 1.00 bits per heavy atom. The van der Waals surface area contributed by atoms with Gasteiger partial charge in [-0.2, -0.15) is 0 Å². The lowest BCUT2D eigenvalue weighted by Crippen LogP contribution is -1.97. The van der Waals surface area contributed by atoms with Crippen LogP contribution in [0.25, 0.3) is 11.1 Å². The van der Waals surface area contributed by atoms with Crippen LogP contribution in [-0.4, -0.2) is 13.2 Å². The Bertz CT molecular complexity index is 622. The van der Waals surface area contributed by atoms with Gasteiger partial charge >= 0.3 is 0 Å². The molecule has 0 atom stereocenters. The van der Waals surface area contributed by atoms with Crippen LogP contribution in [0.1, 0.15) is 17.5 Å². The monoisotopic (exact) mass is 269 g/mol. The summed E-state index contributed by atoms with van der Waals surface area (Å²) in [6.45, 7) is 4.09. The smallest absolute Gasteiger partial charge is 0.161 e. The van der Waals surface area contributed by atoms with Gasteiger partial charge in [-0.3, -0.25) is 0 Å². The van der Waals surface area contributed by atoms with E-state index in [4.69, 9.17) is 15.2 Å². The van der Waals surface area contributed by atoms with Gasteiger partial charge in [-0.25, -0.2) is 0 Å².